The molecular formula is C21H19F3N4O3. The summed E-state index contributed by atoms with van der Waals surface area (Å²) in [5, 5.41) is 9.24. The van der Waals surface area contributed by atoms with Crippen LogP contribution in [0.3, 0.4) is 0 Å². The van der Waals surface area contributed by atoms with Gasteiger partial charge in [0, 0.05) is 7.05 Å². The maximum atomic E-state index is 13.0. The molecule has 162 valence electrons. The van der Waals surface area contributed by atoms with E-state index in [1.165, 1.54) is 32.5 Å². The van der Waals surface area contributed by atoms with Gasteiger partial charge in [0.05, 0.1) is 35.8 Å². The number of ether oxygens (including phenoxy) is 1. The third-order valence-electron chi connectivity index (χ3n) is 4.53. The van der Waals surface area contributed by atoms with E-state index in [4.69, 9.17) is 4.74 Å². The number of aryl methyl sites for hydroxylation is 1. The van der Waals surface area contributed by atoms with Crippen LogP contribution in [0.5, 0.6) is 5.75 Å². The molecule has 31 heavy (non-hydrogen) atoms. The summed E-state index contributed by atoms with van der Waals surface area (Å²) >= 11 is 0. The topological polar surface area (TPSA) is 85.3 Å². The van der Waals surface area contributed by atoms with Gasteiger partial charge in [-0.3, -0.25) is 9.59 Å². The van der Waals surface area contributed by atoms with Gasteiger partial charge >= 0.3 is 6.18 Å². The monoisotopic (exact) mass is 432 g/mol. The number of carbonyl (C=O) groups is 2. The number of rotatable bonds is 5. The van der Waals surface area contributed by atoms with Crippen LogP contribution in [0.25, 0.3) is 5.69 Å². The van der Waals surface area contributed by atoms with Crippen LogP contribution in [0.2, 0.25) is 0 Å². The number of hydrogen-bond donors (Lipinski definition) is 2. The third-order valence-corrected chi connectivity index (χ3v) is 4.53. The van der Waals surface area contributed by atoms with Crippen LogP contribution in [0, 0.1) is 6.92 Å². The molecule has 7 nitrogen and oxygen atoms in total. The Bertz CT molecular complexity index is 1140. The van der Waals surface area contributed by atoms with E-state index in [0.29, 0.717) is 5.56 Å². The number of nitrogens with one attached hydrogen (secondary N) is 2. The van der Waals surface area contributed by atoms with Crippen molar-refractivity contribution in [2.45, 2.75) is 13.1 Å². The second-order valence-corrected chi connectivity index (χ2v) is 6.57. The van der Waals surface area contributed by atoms with Crippen LogP contribution in [-0.2, 0) is 6.18 Å². The quantitative estimate of drug-likeness (QED) is 0.642. The highest BCUT2D eigenvalue weighted by Crippen LogP contribution is 2.31. The molecule has 0 saturated carbocycles. The van der Waals surface area contributed by atoms with Gasteiger partial charge in [-0.15, -0.1) is 0 Å². The molecule has 2 aromatic carbocycles. The number of benzene rings is 2. The minimum Gasteiger partial charge on any atom is -0.493 e. The summed E-state index contributed by atoms with van der Waals surface area (Å²) in [6.07, 6.45) is -3.21. The van der Waals surface area contributed by atoms with Crippen LogP contribution in [0.15, 0.2) is 48.7 Å². The maximum absolute atomic E-state index is 13.0. The number of methoxy groups -OCH3 is 1. The number of alkyl halides is 3. The summed E-state index contributed by atoms with van der Waals surface area (Å²) in [6.45, 7) is 1.73. The number of nitrogens with zero attached hydrogens (tertiary/aromatic N) is 2. The lowest BCUT2D eigenvalue weighted by Crippen LogP contribution is -2.23. The average molecular weight is 432 g/mol. The van der Waals surface area contributed by atoms with Crippen molar-refractivity contribution in [3.8, 4) is 11.4 Å². The average Bonchev–Trinajstić information content (AvgIpc) is 3.17. The lowest BCUT2D eigenvalue weighted by atomic mass is 10.1. The summed E-state index contributed by atoms with van der Waals surface area (Å²) in [6, 6.07) is 9.49. The summed E-state index contributed by atoms with van der Waals surface area (Å²) in [5.41, 5.74) is 0.312. The molecule has 3 aromatic rings. The van der Waals surface area contributed by atoms with Crippen molar-refractivity contribution in [3.63, 3.8) is 0 Å². The van der Waals surface area contributed by atoms with E-state index in [2.05, 4.69) is 15.7 Å². The number of anilines is 1. The molecular weight excluding hydrogens is 413 g/mol. The van der Waals surface area contributed by atoms with E-state index >= 15 is 0 Å². The molecule has 1 heterocycles. The fourth-order valence-corrected chi connectivity index (χ4v) is 3.00. The van der Waals surface area contributed by atoms with Gasteiger partial charge in [-0.05, 0) is 36.8 Å². The van der Waals surface area contributed by atoms with Crippen molar-refractivity contribution in [2.75, 3.05) is 19.5 Å². The number of amides is 2. The lowest BCUT2D eigenvalue weighted by molar-refractivity contribution is -0.137. The first kappa shape index (κ1) is 21.9. The van der Waals surface area contributed by atoms with Crippen molar-refractivity contribution in [2.24, 2.45) is 0 Å². The summed E-state index contributed by atoms with van der Waals surface area (Å²) in [7, 11) is 2.78. The van der Waals surface area contributed by atoms with Crippen molar-refractivity contribution in [3.05, 3.63) is 71.0 Å². The Hall–Kier alpha value is -3.82. The smallest absolute Gasteiger partial charge is 0.416 e. The molecule has 1 aromatic heterocycles. The molecule has 2 amide bonds. The molecule has 0 aliphatic rings. The Morgan fingerprint density at radius 3 is 2.45 bits per heavy atom. The van der Waals surface area contributed by atoms with Crippen LogP contribution in [0.4, 0.5) is 18.9 Å². The molecule has 0 aliphatic heterocycles. The molecule has 0 bridgehead atoms. The molecule has 3 rings (SSSR count). The second-order valence-electron chi connectivity index (χ2n) is 6.57. The first-order valence-corrected chi connectivity index (χ1v) is 9.10. The van der Waals surface area contributed by atoms with Gasteiger partial charge in [0.25, 0.3) is 11.8 Å². The van der Waals surface area contributed by atoms with Crippen molar-refractivity contribution in [1.82, 2.24) is 15.1 Å². The number of hydrogen-bond acceptors (Lipinski definition) is 4. The Morgan fingerprint density at radius 2 is 1.81 bits per heavy atom. The molecule has 0 saturated heterocycles. The number of aromatic nitrogens is 2. The normalized spacial score (nSPS) is 11.2. The van der Waals surface area contributed by atoms with E-state index in [0.717, 1.165) is 16.8 Å². The molecule has 0 aliphatic carbocycles. The second kappa shape index (κ2) is 8.50. The predicted octanol–water partition coefficient (Wildman–Crippen LogP) is 3.82. The fourth-order valence-electron chi connectivity index (χ4n) is 3.00. The standard InChI is InChI=1S/C21H19F3N4O3/c1-12-6-4-9-15(17(12)19(29)25-2)26-20(30)18-16(31-3)11-28(27-18)14-8-5-7-13(10-14)21(22,23)24/h4-11H,1-3H3,(H,25,29)(H,26,30). The molecule has 0 radical (unpaired) electrons. The molecule has 2 N–H and O–H groups in total. The predicted molar refractivity (Wildman–Crippen MR) is 108 cm³/mol. The fraction of sp³-hybridized carbons (Fsp3) is 0.190. The van der Waals surface area contributed by atoms with Crippen molar-refractivity contribution in [1.29, 1.82) is 0 Å². The zero-order valence-electron chi connectivity index (χ0n) is 16.9. The van der Waals surface area contributed by atoms with Gasteiger partial charge in [-0.2, -0.15) is 18.3 Å². The summed E-state index contributed by atoms with van der Waals surface area (Å²) in [5.74, 6) is -1.00. The van der Waals surface area contributed by atoms with E-state index in [1.807, 2.05) is 0 Å². The van der Waals surface area contributed by atoms with Gasteiger partial charge < -0.3 is 15.4 Å². The van der Waals surface area contributed by atoms with Crippen LogP contribution in [-0.4, -0.2) is 35.8 Å². The van der Waals surface area contributed by atoms with Gasteiger partial charge in [0.1, 0.15) is 0 Å². The van der Waals surface area contributed by atoms with E-state index in [9.17, 15) is 22.8 Å². The molecule has 0 spiro atoms. The highest BCUT2D eigenvalue weighted by molar-refractivity contribution is 6.09. The lowest BCUT2D eigenvalue weighted by Gasteiger charge is -2.12. The first-order valence-electron chi connectivity index (χ1n) is 9.10. The Kier molecular flexibility index (Phi) is 6.00. The van der Waals surface area contributed by atoms with E-state index in [-0.39, 0.29) is 34.3 Å². The molecule has 10 heteroatoms. The van der Waals surface area contributed by atoms with E-state index in [1.54, 1.807) is 25.1 Å². The minimum absolute atomic E-state index is 0.0593. The molecule has 0 atom stereocenters. The van der Waals surface area contributed by atoms with Crippen molar-refractivity contribution >= 4 is 17.5 Å². The van der Waals surface area contributed by atoms with Gasteiger partial charge in [-0.25, -0.2) is 4.68 Å². The van der Waals surface area contributed by atoms with Crippen LogP contribution in [0.1, 0.15) is 32.0 Å². The summed E-state index contributed by atoms with van der Waals surface area (Å²) in [4.78, 5) is 25.1. The number of halogens is 3. The minimum atomic E-state index is -4.52. The van der Waals surface area contributed by atoms with E-state index < -0.39 is 17.6 Å². The maximum Gasteiger partial charge on any atom is 0.416 e. The third kappa shape index (κ3) is 4.52. The zero-order valence-corrected chi connectivity index (χ0v) is 16.9. The largest absolute Gasteiger partial charge is 0.493 e. The Balaban J connectivity index is 1.97. The molecule has 0 unspecified atom stereocenters. The highest BCUT2D eigenvalue weighted by Gasteiger charge is 2.31. The van der Waals surface area contributed by atoms with Crippen LogP contribution < -0.4 is 15.4 Å². The van der Waals surface area contributed by atoms with Gasteiger partial charge in [0.15, 0.2) is 11.4 Å². The van der Waals surface area contributed by atoms with Crippen molar-refractivity contribution < 1.29 is 27.5 Å². The highest BCUT2D eigenvalue weighted by atomic mass is 19.4. The van der Waals surface area contributed by atoms with Gasteiger partial charge in [-0.1, -0.05) is 18.2 Å². The van der Waals surface area contributed by atoms with Gasteiger partial charge in [0.2, 0.25) is 0 Å². The Labute approximate surface area is 175 Å². The summed E-state index contributed by atoms with van der Waals surface area (Å²) < 4.78 is 45.4. The zero-order chi connectivity index (χ0) is 22.8. The SMILES string of the molecule is CNC(=O)c1c(C)cccc1NC(=O)c1nn(-c2cccc(C(F)(F)F)c2)cc1OC. The van der Waals surface area contributed by atoms with Crippen LogP contribution >= 0.6 is 0 Å². The Morgan fingerprint density at radius 1 is 1.10 bits per heavy atom. The first-order chi connectivity index (χ1) is 14.7. The molecule has 0 fully saturated rings. The number of carbonyl (C=O) groups excluding carboxylic acids is 2.